The van der Waals surface area contributed by atoms with Gasteiger partial charge in [-0.2, -0.15) is 11.3 Å². The minimum Gasteiger partial charge on any atom is -0.305 e. The molecule has 6 aromatic rings. The Morgan fingerprint density at radius 2 is 1.62 bits per heavy atom. The Morgan fingerprint density at radius 3 is 2.47 bits per heavy atom. The molecule has 0 saturated carbocycles. The van der Waals surface area contributed by atoms with Crippen LogP contribution in [0.25, 0.3) is 42.7 Å². The van der Waals surface area contributed by atoms with Gasteiger partial charge in [0, 0.05) is 38.5 Å². The number of rotatable bonds is 2. The molecule has 1 radical (unpaired) electrons. The molecule has 3 aromatic carbocycles. The summed E-state index contributed by atoms with van der Waals surface area (Å²) in [7, 11) is 0. The van der Waals surface area contributed by atoms with E-state index in [9.17, 15) is 0 Å². The van der Waals surface area contributed by atoms with Crippen LogP contribution >= 0.6 is 11.3 Å². The Hall–Kier alpha value is -3.17. The first-order valence-electron chi connectivity index (χ1n) is 14.2. The van der Waals surface area contributed by atoms with Crippen LogP contribution < -0.4 is 0 Å². The van der Waals surface area contributed by atoms with E-state index in [4.69, 9.17) is 13.7 Å². The number of fused-ring (bicyclic) bond motifs is 3. The molecule has 157 valence electrons. The van der Waals surface area contributed by atoms with Gasteiger partial charge in [0.2, 0.25) is 0 Å². The zero-order chi connectivity index (χ0) is 29.6. The van der Waals surface area contributed by atoms with Crippen molar-refractivity contribution in [3.8, 4) is 22.5 Å². The molecular formula is C28H18IrN2S-2. The monoisotopic (exact) mass is 617 g/mol. The predicted molar refractivity (Wildman–Crippen MR) is 130 cm³/mol. The van der Waals surface area contributed by atoms with Crippen molar-refractivity contribution in [3.05, 3.63) is 121 Å². The molecule has 0 aliphatic rings. The molecule has 0 unspecified atom stereocenters. The third kappa shape index (κ3) is 4.84. The van der Waals surface area contributed by atoms with Crippen LogP contribution in [0.3, 0.4) is 0 Å². The second-order valence-electron chi connectivity index (χ2n) is 6.20. The molecule has 0 fully saturated rings. The first-order valence-corrected chi connectivity index (χ1v) is 10.0. The third-order valence-electron chi connectivity index (χ3n) is 4.24. The molecule has 0 aliphatic carbocycles. The number of nitrogens with zero attached hydrogens (tertiary/aromatic N) is 2. The van der Waals surface area contributed by atoms with Crippen LogP contribution in [0.2, 0.25) is 0 Å². The summed E-state index contributed by atoms with van der Waals surface area (Å²) in [4.78, 5) is 8.05. The maximum Gasteiger partial charge on any atom is 0.0830 e. The van der Waals surface area contributed by atoms with Gasteiger partial charge in [-0.25, -0.2) is 0 Å². The van der Waals surface area contributed by atoms with E-state index >= 15 is 0 Å². The molecule has 0 atom stereocenters. The molecule has 0 saturated heterocycles. The summed E-state index contributed by atoms with van der Waals surface area (Å²) < 4.78 is 80.5. The molecule has 32 heavy (non-hydrogen) atoms. The minimum atomic E-state index is -0.531. The molecule has 4 heteroatoms. The minimum absolute atomic E-state index is 0. The van der Waals surface area contributed by atoms with E-state index in [2.05, 4.69) is 22.1 Å². The fourth-order valence-electron chi connectivity index (χ4n) is 2.84. The molecule has 3 heterocycles. The summed E-state index contributed by atoms with van der Waals surface area (Å²) in [5.74, 6) is 0. The number of benzene rings is 3. The first-order chi connectivity index (χ1) is 19.5. The summed E-state index contributed by atoms with van der Waals surface area (Å²) in [6.45, 7) is 0. The van der Waals surface area contributed by atoms with E-state index in [1.807, 2.05) is 42.5 Å². The first kappa shape index (κ1) is 12.8. The van der Waals surface area contributed by atoms with Crippen LogP contribution in [0.1, 0.15) is 13.7 Å². The van der Waals surface area contributed by atoms with Crippen LogP contribution in [-0.2, 0) is 20.1 Å². The van der Waals surface area contributed by atoms with Gasteiger partial charge < -0.3 is 9.97 Å². The number of pyridine rings is 2. The van der Waals surface area contributed by atoms with E-state index < -0.39 is 36.4 Å². The number of hydrogen-bond acceptors (Lipinski definition) is 3. The molecule has 0 N–H and O–H groups in total. The maximum atomic E-state index is 8.53. The summed E-state index contributed by atoms with van der Waals surface area (Å²) in [5, 5.41) is 0.298. The van der Waals surface area contributed by atoms with Gasteiger partial charge in [-0.05, 0) is 41.0 Å². The Labute approximate surface area is 219 Å². The van der Waals surface area contributed by atoms with E-state index in [0.717, 1.165) is 22.6 Å². The standard InChI is InChI=1S/C17H10NS.C11H8N.Ir/c1-2-7-16-13(5-1)14-9-8-12(11-17(14)19-16)15-6-3-4-10-18-15;1-2-6-10(7-3-1)11-8-4-5-9-12-11;/h1-7,9-11H;1-6,8-9H;/q2*-1;/i1D,2D,3D,4D,5D,6D,7D,9D,10D,11D;;. The van der Waals surface area contributed by atoms with Crippen LogP contribution in [0.15, 0.2) is 109 Å². The van der Waals surface area contributed by atoms with Gasteiger partial charge in [-0.3, -0.25) is 0 Å². The van der Waals surface area contributed by atoms with Crippen molar-refractivity contribution in [3.63, 3.8) is 0 Å². The van der Waals surface area contributed by atoms with Gasteiger partial charge in [0.05, 0.1) is 11.0 Å². The fourth-order valence-corrected chi connectivity index (χ4v) is 3.81. The third-order valence-corrected chi connectivity index (χ3v) is 5.26. The van der Waals surface area contributed by atoms with Crippen LogP contribution in [0, 0.1) is 12.1 Å². The molecule has 0 spiro atoms. The van der Waals surface area contributed by atoms with Crippen molar-refractivity contribution in [1.29, 1.82) is 0 Å². The van der Waals surface area contributed by atoms with Crippen molar-refractivity contribution in [1.82, 2.24) is 9.97 Å². The fraction of sp³-hybridized carbons (Fsp3) is 0. The second-order valence-corrected chi connectivity index (χ2v) is 7.22. The Bertz CT molecular complexity index is 1910. The van der Waals surface area contributed by atoms with Gasteiger partial charge >= 0.3 is 0 Å². The molecule has 3 aromatic heterocycles. The van der Waals surface area contributed by atoms with Crippen molar-refractivity contribution in [2.75, 3.05) is 0 Å². The van der Waals surface area contributed by atoms with Crippen LogP contribution in [-0.4, -0.2) is 9.97 Å². The SMILES string of the molecule is [2H]c1nc(-c2[c-]c([2H])c3c(sc4c([2H])c([2H])c([2H])c([2H])c43)c2[2H])c([2H])c([2H])c1[2H].[Ir].[c-]1ccccc1-c1ccccn1. The zero-order valence-corrected chi connectivity index (χ0v) is 19.5. The average Bonchev–Trinajstić information content (AvgIpc) is 3.41. The molecule has 2 nitrogen and oxygen atoms in total. The summed E-state index contributed by atoms with van der Waals surface area (Å²) in [6, 6.07) is 16.1. The van der Waals surface area contributed by atoms with Crippen molar-refractivity contribution in [2.24, 2.45) is 0 Å². The van der Waals surface area contributed by atoms with Crippen molar-refractivity contribution < 1.29 is 33.8 Å². The normalized spacial score (nSPS) is 14.6. The smallest absolute Gasteiger partial charge is 0.0830 e. The van der Waals surface area contributed by atoms with Crippen molar-refractivity contribution in [2.45, 2.75) is 0 Å². The van der Waals surface area contributed by atoms with Crippen LogP contribution in [0.4, 0.5) is 0 Å². The summed E-state index contributed by atoms with van der Waals surface area (Å²) in [6.07, 6.45) is 1.26. The van der Waals surface area contributed by atoms with Gasteiger partial charge in [0.1, 0.15) is 0 Å². The summed E-state index contributed by atoms with van der Waals surface area (Å²) in [5.41, 5.74) is 1.71. The molecule has 6 rings (SSSR count). The molecule has 0 amide bonds. The van der Waals surface area contributed by atoms with Gasteiger partial charge in [-0.1, -0.05) is 47.7 Å². The topological polar surface area (TPSA) is 25.8 Å². The van der Waals surface area contributed by atoms with E-state index in [1.165, 1.54) is 0 Å². The average molecular weight is 617 g/mol. The van der Waals surface area contributed by atoms with Gasteiger partial charge in [0.15, 0.2) is 0 Å². The Balaban J connectivity index is 0.000000261. The number of aromatic nitrogens is 2. The zero-order valence-electron chi connectivity index (χ0n) is 26.3. The van der Waals surface area contributed by atoms with E-state index in [0.29, 0.717) is 0 Å². The molecular weight excluding hydrogens is 589 g/mol. The number of thiophene rings is 1. The Kier molecular flexibility index (Phi) is 4.16. The van der Waals surface area contributed by atoms with Gasteiger partial charge in [-0.15, -0.1) is 59.6 Å². The van der Waals surface area contributed by atoms with Crippen LogP contribution in [0.5, 0.6) is 0 Å². The largest absolute Gasteiger partial charge is 0.305 e. The van der Waals surface area contributed by atoms with E-state index in [-0.39, 0.29) is 75.7 Å². The van der Waals surface area contributed by atoms with E-state index in [1.54, 1.807) is 6.20 Å². The Morgan fingerprint density at radius 1 is 0.750 bits per heavy atom. The van der Waals surface area contributed by atoms with Gasteiger partial charge in [0.25, 0.3) is 0 Å². The number of hydrogen-bond donors (Lipinski definition) is 0. The summed E-state index contributed by atoms with van der Waals surface area (Å²) >= 11 is 0.934. The second kappa shape index (κ2) is 10.4. The quantitative estimate of drug-likeness (QED) is 0.189. The van der Waals surface area contributed by atoms with Crippen molar-refractivity contribution >= 4 is 31.5 Å². The molecule has 0 bridgehead atoms. The maximum absolute atomic E-state index is 8.53. The molecule has 0 aliphatic heterocycles. The predicted octanol–water partition coefficient (Wildman–Crippen LogP) is 7.46.